The topological polar surface area (TPSA) is 0 Å². The van der Waals surface area contributed by atoms with Gasteiger partial charge in [0.25, 0.3) is 5.92 Å². The fourth-order valence-corrected chi connectivity index (χ4v) is 1.83. The molecule has 0 aromatic rings. The first kappa shape index (κ1) is 9.24. The van der Waals surface area contributed by atoms with Crippen LogP contribution >= 0.6 is 11.6 Å². The Bertz CT molecular complexity index is 125. The molecule has 0 bridgehead atoms. The quantitative estimate of drug-likeness (QED) is 0.587. The molecule has 0 N–H and O–H groups in total. The van der Waals surface area contributed by atoms with Crippen molar-refractivity contribution in [3.05, 3.63) is 0 Å². The first-order valence-corrected chi connectivity index (χ1v) is 4.64. The Morgan fingerprint density at radius 1 is 1.45 bits per heavy atom. The largest absolute Gasteiger partial charge is 0.250 e. The molecule has 1 aliphatic rings. The zero-order valence-electron chi connectivity index (χ0n) is 6.45. The molecule has 66 valence electrons. The van der Waals surface area contributed by atoms with E-state index in [9.17, 15) is 8.78 Å². The van der Waals surface area contributed by atoms with Crippen molar-refractivity contribution in [2.24, 2.45) is 5.92 Å². The third kappa shape index (κ3) is 2.29. The summed E-state index contributed by atoms with van der Waals surface area (Å²) >= 11 is 5.43. The zero-order valence-corrected chi connectivity index (χ0v) is 7.21. The van der Waals surface area contributed by atoms with Gasteiger partial charge in [-0.1, -0.05) is 0 Å². The van der Waals surface area contributed by atoms with Crippen LogP contribution in [0, 0.1) is 5.92 Å². The molecule has 1 aliphatic carbocycles. The first-order valence-electron chi connectivity index (χ1n) is 4.10. The van der Waals surface area contributed by atoms with E-state index in [-0.39, 0.29) is 12.3 Å². The molecule has 0 aromatic carbocycles. The van der Waals surface area contributed by atoms with Gasteiger partial charge in [0.2, 0.25) is 0 Å². The van der Waals surface area contributed by atoms with Gasteiger partial charge in [0.15, 0.2) is 0 Å². The lowest BCUT2D eigenvalue weighted by Gasteiger charge is -2.17. The van der Waals surface area contributed by atoms with Crippen molar-refractivity contribution < 1.29 is 8.78 Å². The summed E-state index contributed by atoms with van der Waals surface area (Å²) in [6, 6.07) is 0. The second kappa shape index (κ2) is 3.70. The van der Waals surface area contributed by atoms with Gasteiger partial charge in [0, 0.05) is 18.2 Å². The second-order valence-corrected chi connectivity index (χ2v) is 3.56. The third-order valence-corrected chi connectivity index (χ3v) is 2.61. The first-order chi connectivity index (χ1) is 5.17. The molecule has 0 aliphatic heterocycles. The minimum atomic E-state index is -2.40. The highest BCUT2D eigenvalue weighted by atomic mass is 35.5. The van der Waals surface area contributed by atoms with E-state index in [0.717, 1.165) is 6.42 Å². The van der Waals surface area contributed by atoms with Crippen LogP contribution in [0.3, 0.4) is 0 Å². The van der Waals surface area contributed by atoms with Crippen LogP contribution in [0.1, 0.15) is 32.1 Å². The predicted octanol–water partition coefficient (Wildman–Crippen LogP) is 3.44. The summed E-state index contributed by atoms with van der Waals surface area (Å²) in [7, 11) is 0. The van der Waals surface area contributed by atoms with Gasteiger partial charge < -0.3 is 0 Å². The lowest BCUT2D eigenvalue weighted by molar-refractivity contribution is -0.0394. The standard InChI is InChI=1S/C8H13ClF2/c9-6-2-4-7-3-1-5-8(7,10)11/h7H,1-6H2. The Morgan fingerprint density at radius 2 is 2.18 bits per heavy atom. The summed E-state index contributed by atoms with van der Waals surface area (Å²) < 4.78 is 25.8. The molecule has 11 heavy (non-hydrogen) atoms. The van der Waals surface area contributed by atoms with E-state index in [2.05, 4.69) is 0 Å². The van der Waals surface area contributed by atoms with E-state index in [0.29, 0.717) is 25.1 Å². The molecular formula is C8H13ClF2. The Labute approximate surface area is 70.9 Å². The van der Waals surface area contributed by atoms with Crippen molar-refractivity contribution in [2.45, 2.75) is 38.0 Å². The molecule has 0 amide bonds. The molecular weight excluding hydrogens is 170 g/mol. The minimum Gasteiger partial charge on any atom is -0.207 e. The smallest absolute Gasteiger partial charge is 0.207 e. The van der Waals surface area contributed by atoms with Gasteiger partial charge in [0.1, 0.15) is 0 Å². The van der Waals surface area contributed by atoms with Crippen LogP contribution in [0.15, 0.2) is 0 Å². The van der Waals surface area contributed by atoms with Crippen molar-refractivity contribution in [3.63, 3.8) is 0 Å². The van der Waals surface area contributed by atoms with Crippen molar-refractivity contribution in [2.75, 3.05) is 5.88 Å². The molecule has 1 atom stereocenters. The Morgan fingerprint density at radius 3 is 2.64 bits per heavy atom. The number of hydrogen-bond donors (Lipinski definition) is 0. The molecule has 0 saturated heterocycles. The van der Waals surface area contributed by atoms with E-state index in [4.69, 9.17) is 11.6 Å². The fraction of sp³-hybridized carbons (Fsp3) is 1.00. The average Bonchev–Trinajstić information content (AvgIpc) is 2.25. The summed E-state index contributed by atoms with van der Waals surface area (Å²) in [5.74, 6) is -2.28. The zero-order chi connectivity index (χ0) is 8.32. The van der Waals surface area contributed by atoms with E-state index in [1.807, 2.05) is 0 Å². The van der Waals surface area contributed by atoms with Crippen molar-refractivity contribution >= 4 is 11.6 Å². The van der Waals surface area contributed by atoms with Gasteiger partial charge >= 0.3 is 0 Å². The highest BCUT2D eigenvalue weighted by molar-refractivity contribution is 6.17. The van der Waals surface area contributed by atoms with E-state index in [1.165, 1.54) is 0 Å². The maximum absolute atomic E-state index is 12.9. The maximum Gasteiger partial charge on any atom is 0.250 e. The molecule has 1 rings (SSSR count). The molecule has 0 nitrogen and oxygen atoms in total. The lowest BCUT2D eigenvalue weighted by Crippen LogP contribution is -2.21. The second-order valence-electron chi connectivity index (χ2n) is 3.18. The van der Waals surface area contributed by atoms with E-state index in [1.54, 1.807) is 0 Å². The van der Waals surface area contributed by atoms with Crippen LogP contribution in [0.2, 0.25) is 0 Å². The summed E-state index contributed by atoms with van der Waals surface area (Å²) in [6.45, 7) is 0. The van der Waals surface area contributed by atoms with Gasteiger partial charge in [-0.05, 0) is 25.7 Å². The Kier molecular flexibility index (Phi) is 3.11. The number of halogens is 3. The van der Waals surface area contributed by atoms with Gasteiger partial charge in [-0.25, -0.2) is 8.78 Å². The number of hydrogen-bond acceptors (Lipinski definition) is 0. The van der Waals surface area contributed by atoms with Crippen LogP contribution in [-0.4, -0.2) is 11.8 Å². The summed E-state index contributed by atoms with van der Waals surface area (Å²) in [4.78, 5) is 0. The minimum absolute atomic E-state index is 0.0833. The van der Waals surface area contributed by atoms with E-state index >= 15 is 0 Å². The van der Waals surface area contributed by atoms with Crippen molar-refractivity contribution in [1.82, 2.24) is 0 Å². The fourth-order valence-electron chi connectivity index (χ4n) is 1.68. The Hall–Kier alpha value is 0.150. The monoisotopic (exact) mass is 182 g/mol. The molecule has 3 heteroatoms. The molecule has 0 aromatic heterocycles. The highest BCUT2D eigenvalue weighted by Gasteiger charge is 2.42. The Balaban J connectivity index is 2.32. The number of alkyl halides is 3. The van der Waals surface area contributed by atoms with Gasteiger partial charge in [-0.15, -0.1) is 11.6 Å². The predicted molar refractivity (Wildman–Crippen MR) is 42.2 cm³/mol. The molecule has 0 spiro atoms. The molecule has 0 radical (unpaired) electrons. The summed E-state index contributed by atoms with van der Waals surface area (Å²) in [5.41, 5.74) is 0. The van der Waals surface area contributed by atoms with Crippen molar-refractivity contribution in [1.29, 1.82) is 0 Å². The number of rotatable bonds is 3. The van der Waals surface area contributed by atoms with Crippen LogP contribution in [-0.2, 0) is 0 Å². The van der Waals surface area contributed by atoms with Crippen LogP contribution < -0.4 is 0 Å². The average molecular weight is 183 g/mol. The summed E-state index contributed by atoms with van der Waals surface area (Å²) in [5, 5.41) is 0. The van der Waals surface area contributed by atoms with Crippen molar-refractivity contribution in [3.8, 4) is 0 Å². The summed E-state index contributed by atoms with van der Waals surface area (Å²) in [6.07, 6.45) is 2.77. The van der Waals surface area contributed by atoms with Gasteiger partial charge in [-0.2, -0.15) is 0 Å². The maximum atomic E-state index is 12.9. The van der Waals surface area contributed by atoms with Gasteiger partial charge in [0.05, 0.1) is 0 Å². The third-order valence-electron chi connectivity index (χ3n) is 2.35. The van der Waals surface area contributed by atoms with Crippen LogP contribution in [0.5, 0.6) is 0 Å². The molecule has 1 fully saturated rings. The van der Waals surface area contributed by atoms with Crippen LogP contribution in [0.4, 0.5) is 8.78 Å². The van der Waals surface area contributed by atoms with Crippen LogP contribution in [0.25, 0.3) is 0 Å². The van der Waals surface area contributed by atoms with E-state index < -0.39 is 5.92 Å². The molecule has 0 heterocycles. The molecule has 1 unspecified atom stereocenters. The normalized spacial score (nSPS) is 29.2. The lowest BCUT2D eigenvalue weighted by atomic mass is 9.99. The highest BCUT2D eigenvalue weighted by Crippen LogP contribution is 2.42. The SMILES string of the molecule is FC1(F)CCCC1CCCCl. The van der Waals surface area contributed by atoms with Gasteiger partial charge in [-0.3, -0.25) is 0 Å². The molecule has 1 saturated carbocycles.